The summed E-state index contributed by atoms with van der Waals surface area (Å²) in [5.41, 5.74) is -0.119. The summed E-state index contributed by atoms with van der Waals surface area (Å²) < 4.78 is 5.35. The third-order valence-electron chi connectivity index (χ3n) is 4.26. The molecule has 0 aliphatic carbocycles. The van der Waals surface area contributed by atoms with Gasteiger partial charge in [0.1, 0.15) is 0 Å². The molecule has 0 unspecified atom stereocenters. The highest BCUT2D eigenvalue weighted by Gasteiger charge is 2.27. The van der Waals surface area contributed by atoms with E-state index in [1.165, 1.54) is 0 Å². The van der Waals surface area contributed by atoms with Gasteiger partial charge in [-0.3, -0.25) is 15.0 Å². The van der Waals surface area contributed by atoms with Crippen molar-refractivity contribution in [2.24, 2.45) is 5.92 Å². The van der Waals surface area contributed by atoms with Gasteiger partial charge in [0.15, 0.2) is 5.82 Å². The smallest absolute Gasteiger partial charge is 0.240 e. The maximum atomic E-state index is 12.3. The van der Waals surface area contributed by atoms with Crippen LogP contribution < -0.4 is 5.32 Å². The normalized spacial score (nSPS) is 16.8. The molecule has 1 fully saturated rings. The Labute approximate surface area is 147 Å². The minimum atomic E-state index is -0.119. The van der Waals surface area contributed by atoms with Crippen LogP contribution in [0.2, 0.25) is 0 Å². The number of aromatic nitrogens is 4. The molecule has 3 heterocycles. The van der Waals surface area contributed by atoms with E-state index in [4.69, 9.17) is 4.52 Å². The fraction of sp³-hybridized carbons (Fsp3) is 0.588. The van der Waals surface area contributed by atoms with Crippen LogP contribution in [0.15, 0.2) is 23.0 Å². The second-order valence-electron chi connectivity index (χ2n) is 7.37. The molecule has 1 saturated heterocycles. The quantitative estimate of drug-likeness (QED) is 0.906. The number of hydrogen-bond donors (Lipinski definition) is 1. The SMILES string of the molecule is CC(C)(C)c1noc(CN2CCC(C(=O)Nc3ncccn3)CC2)n1. The molecule has 1 N–H and O–H groups in total. The lowest BCUT2D eigenvalue weighted by molar-refractivity contribution is -0.121. The van der Waals surface area contributed by atoms with E-state index >= 15 is 0 Å². The van der Waals surface area contributed by atoms with E-state index in [0.29, 0.717) is 18.4 Å². The van der Waals surface area contributed by atoms with Gasteiger partial charge in [0, 0.05) is 23.7 Å². The summed E-state index contributed by atoms with van der Waals surface area (Å²) in [6.45, 7) is 8.44. The van der Waals surface area contributed by atoms with Crippen molar-refractivity contribution >= 4 is 11.9 Å². The molecule has 3 rings (SSSR count). The van der Waals surface area contributed by atoms with E-state index in [0.717, 1.165) is 31.8 Å². The van der Waals surface area contributed by atoms with Gasteiger partial charge in [-0.15, -0.1) is 0 Å². The van der Waals surface area contributed by atoms with Gasteiger partial charge in [-0.1, -0.05) is 25.9 Å². The Morgan fingerprint density at radius 3 is 2.56 bits per heavy atom. The summed E-state index contributed by atoms with van der Waals surface area (Å²) in [7, 11) is 0. The highest BCUT2D eigenvalue weighted by atomic mass is 16.5. The maximum Gasteiger partial charge on any atom is 0.240 e. The number of carbonyl (C=O) groups is 1. The fourth-order valence-electron chi connectivity index (χ4n) is 2.74. The van der Waals surface area contributed by atoms with E-state index in [-0.39, 0.29) is 17.2 Å². The van der Waals surface area contributed by atoms with Crippen molar-refractivity contribution in [3.63, 3.8) is 0 Å². The Bertz CT molecular complexity index is 701. The molecule has 0 bridgehead atoms. The van der Waals surface area contributed by atoms with Crippen LogP contribution in [0.5, 0.6) is 0 Å². The molecule has 0 saturated carbocycles. The largest absolute Gasteiger partial charge is 0.338 e. The predicted octanol–water partition coefficient (Wildman–Crippen LogP) is 2.01. The minimum Gasteiger partial charge on any atom is -0.338 e. The molecular formula is C17H24N6O2. The second-order valence-corrected chi connectivity index (χ2v) is 7.37. The molecular weight excluding hydrogens is 320 g/mol. The van der Waals surface area contributed by atoms with E-state index in [1.54, 1.807) is 18.5 Å². The molecule has 0 aromatic carbocycles. The second kappa shape index (κ2) is 7.26. The summed E-state index contributed by atoms with van der Waals surface area (Å²) in [5, 5.41) is 6.83. The molecule has 0 atom stereocenters. The van der Waals surface area contributed by atoms with Gasteiger partial charge in [-0.2, -0.15) is 4.98 Å². The lowest BCUT2D eigenvalue weighted by Crippen LogP contribution is -2.38. The first-order valence-electron chi connectivity index (χ1n) is 8.55. The van der Waals surface area contributed by atoms with Crippen LogP contribution in [-0.4, -0.2) is 44.0 Å². The average molecular weight is 344 g/mol. The minimum absolute atomic E-state index is 0.0151. The maximum absolute atomic E-state index is 12.3. The summed E-state index contributed by atoms with van der Waals surface area (Å²) in [6.07, 6.45) is 4.81. The van der Waals surface area contributed by atoms with Crippen molar-refractivity contribution in [1.29, 1.82) is 0 Å². The van der Waals surface area contributed by atoms with Crippen LogP contribution in [0.25, 0.3) is 0 Å². The highest BCUT2D eigenvalue weighted by molar-refractivity contribution is 5.90. The number of nitrogens with one attached hydrogen (secondary N) is 1. The first kappa shape index (κ1) is 17.5. The van der Waals surface area contributed by atoms with Crippen LogP contribution >= 0.6 is 0 Å². The van der Waals surface area contributed by atoms with Crippen LogP contribution in [0, 0.1) is 5.92 Å². The Balaban J connectivity index is 1.48. The summed E-state index contributed by atoms with van der Waals surface area (Å²) >= 11 is 0. The lowest BCUT2D eigenvalue weighted by atomic mass is 9.96. The van der Waals surface area contributed by atoms with Crippen molar-refractivity contribution in [2.45, 2.75) is 45.6 Å². The number of nitrogens with zero attached hydrogens (tertiary/aromatic N) is 5. The zero-order chi connectivity index (χ0) is 17.9. The van der Waals surface area contributed by atoms with Gasteiger partial charge >= 0.3 is 0 Å². The Morgan fingerprint density at radius 2 is 1.96 bits per heavy atom. The van der Waals surface area contributed by atoms with Crippen LogP contribution in [-0.2, 0) is 16.8 Å². The van der Waals surface area contributed by atoms with Gasteiger partial charge in [-0.25, -0.2) is 9.97 Å². The first-order chi connectivity index (χ1) is 11.9. The number of anilines is 1. The number of amides is 1. The fourth-order valence-corrected chi connectivity index (χ4v) is 2.74. The van der Waals surface area contributed by atoms with Crippen LogP contribution in [0.3, 0.4) is 0 Å². The van der Waals surface area contributed by atoms with Crippen molar-refractivity contribution in [3.05, 3.63) is 30.2 Å². The van der Waals surface area contributed by atoms with Gasteiger partial charge < -0.3 is 4.52 Å². The Morgan fingerprint density at radius 1 is 1.28 bits per heavy atom. The molecule has 0 spiro atoms. The number of rotatable bonds is 4. The van der Waals surface area contributed by atoms with Gasteiger partial charge in [0.25, 0.3) is 0 Å². The Kier molecular flexibility index (Phi) is 5.08. The van der Waals surface area contributed by atoms with Crippen molar-refractivity contribution in [2.75, 3.05) is 18.4 Å². The third-order valence-corrected chi connectivity index (χ3v) is 4.26. The summed E-state index contributed by atoms with van der Waals surface area (Å²) in [5.74, 6) is 1.67. The molecule has 1 aliphatic heterocycles. The summed E-state index contributed by atoms with van der Waals surface area (Å²) in [4.78, 5) is 27.1. The Hall–Kier alpha value is -2.35. The highest BCUT2D eigenvalue weighted by Crippen LogP contribution is 2.22. The topological polar surface area (TPSA) is 97.0 Å². The molecule has 0 radical (unpaired) electrons. The molecule has 2 aromatic heterocycles. The molecule has 25 heavy (non-hydrogen) atoms. The predicted molar refractivity (Wildman–Crippen MR) is 91.7 cm³/mol. The first-order valence-corrected chi connectivity index (χ1v) is 8.55. The van der Waals surface area contributed by atoms with Gasteiger partial charge in [-0.05, 0) is 32.0 Å². The number of hydrogen-bond acceptors (Lipinski definition) is 7. The van der Waals surface area contributed by atoms with Gasteiger partial charge in [0.05, 0.1) is 6.54 Å². The van der Waals surface area contributed by atoms with Crippen molar-refractivity contribution < 1.29 is 9.32 Å². The third kappa shape index (κ3) is 4.60. The summed E-state index contributed by atoms with van der Waals surface area (Å²) in [6, 6.07) is 1.72. The zero-order valence-electron chi connectivity index (χ0n) is 14.9. The molecule has 1 aliphatic rings. The van der Waals surface area contributed by atoms with E-state index in [1.807, 2.05) is 0 Å². The van der Waals surface area contributed by atoms with E-state index in [9.17, 15) is 4.79 Å². The van der Waals surface area contributed by atoms with Crippen LogP contribution in [0.4, 0.5) is 5.95 Å². The standard InChI is InChI=1S/C17H24N6O2/c1-17(2,3)15-20-13(25-22-15)11-23-9-5-12(6-10-23)14(24)21-16-18-7-4-8-19-16/h4,7-8,12H,5-6,9-11H2,1-3H3,(H,18,19,21,24). The lowest BCUT2D eigenvalue weighted by Gasteiger charge is -2.29. The zero-order valence-corrected chi connectivity index (χ0v) is 14.9. The molecule has 134 valence electrons. The number of likely N-dealkylation sites (tertiary alicyclic amines) is 1. The van der Waals surface area contributed by atoms with Crippen molar-refractivity contribution in [3.8, 4) is 0 Å². The average Bonchev–Trinajstić information content (AvgIpc) is 3.05. The van der Waals surface area contributed by atoms with E-state index < -0.39 is 0 Å². The molecule has 8 nitrogen and oxygen atoms in total. The number of piperidine rings is 1. The molecule has 1 amide bonds. The van der Waals surface area contributed by atoms with Gasteiger partial charge in [0.2, 0.25) is 17.7 Å². The van der Waals surface area contributed by atoms with Crippen molar-refractivity contribution in [1.82, 2.24) is 25.0 Å². The monoisotopic (exact) mass is 344 g/mol. The molecule has 8 heteroatoms. The molecule has 2 aromatic rings. The van der Waals surface area contributed by atoms with E-state index in [2.05, 4.69) is 51.1 Å². The van der Waals surface area contributed by atoms with Crippen LogP contribution in [0.1, 0.15) is 45.3 Å². The number of carbonyl (C=O) groups excluding carboxylic acids is 1.